The fraction of sp³-hybridized carbons (Fsp3) is 0.235. The van der Waals surface area contributed by atoms with E-state index in [1.165, 1.54) is 7.11 Å². The summed E-state index contributed by atoms with van der Waals surface area (Å²) in [5.74, 6) is 0.873. The van der Waals surface area contributed by atoms with Gasteiger partial charge in [0, 0.05) is 10.7 Å². The summed E-state index contributed by atoms with van der Waals surface area (Å²) in [4.78, 5) is 12.4. The highest BCUT2D eigenvalue weighted by molar-refractivity contribution is 6.32. The lowest BCUT2D eigenvalue weighted by Gasteiger charge is -2.17. The molecule has 0 aliphatic carbocycles. The number of benzene rings is 2. The van der Waals surface area contributed by atoms with Gasteiger partial charge in [0.2, 0.25) is 5.91 Å². The van der Waals surface area contributed by atoms with Crippen molar-refractivity contribution in [2.24, 2.45) is 0 Å². The molecule has 0 spiro atoms. The number of carbonyl (C=O) groups excluding carboxylic acids is 1. The van der Waals surface area contributed by atoms with E-state index in [0.29, 0.717) is 32.9 Å². The zero-order chi connectivity index (χ0) is 17.7. The van der Waals surface area contributed by atoms with Crippen molar-refractivity contribution < 1.29 is 14.3 Å². The third-order valence-electron chi connectivity index (χ3n) is 3.35. The summed E-state index contributed by atoms with van der Waals surface area (Å²) < 4.78 is 10.3. The van der Waals surface area contributed by atoms with Crippen LogP contribution in [0.5, 0.6) is 11.5 Å². The molecule has 0 saturated heterocycles. The Bertz CT molecular complexity index is 738. The first-order valence-electron chi connectivity index (χ1n) is 7.19. The van der Waals surface area contributed by atoms with E-state index >= 15 is 0 Å². The lowest BCUT2D eigenvalue weighted by atomic mass is 10.2. The van der Waals surface area contributed by atoms with E-state index in [1.807, 2.05) is 0 Å². The Morgan fingerprint density at radius 3 is 2.33 bits per heavy atom. The van der Waals surface area contributed by atoms with Crippen LogP contribution in [0.25, 0.3) is 0 Å². The molecule has 0 saturated carbocycles. The number of ether oxygens (including phenoxy) is 2. The van der Waals surface area contributed by atoms with Crippen molar-refractivity contribution in [3.8, 4) is 11.5 Å². The number of carbonyl (C=O) groups is 1. The Labute approximate surface area is 150 Å². The lowest BCUT2D eigenvalue weighted by Crippen LogP contribution is -2.32. The molecule has 24 heavy (non-hydrogen) atoms. The van der Waals surface area contributed by atoms with E-state index in [9.17, 15) is 4.79 Å². The van der Waals surface area contributed by atoms with Crippen LogP contribution in [0.3, 0.4) is 0 Å². The molecule has 0 heterocycles. The Hall–Kier alpha value is -2.11. The zero-order valence-electron chi connectivity index (χ0n) is 13.5. The van der Waals surface area contributed by atoms with Gasteiger partial charge in [0.1, 0.15) is 17.5 Å². The molecule has 0 aliphatic rings. The van der Waals surface area contributed by atoms with E-state index in [4.69, 9.17) is 32.7 Å². The Balaban J connectivity index is 2.07. The second kappa shape index (κ2) is 8.13. The number of hydrogen-bond donors (Lipinski definition) is 2. The van der Waals surface area contributed by atoms with Gasteiger partial charge in [-0.05, 0) is 43.3 Å². The van der Waals surface area contributed by atoms with Gasteiger partial charge in [0.15, 0.2) is 0 Å². The molecular weight excluding hydrogens is 351 g/mol. The number of methoxy groups -OCH3 is 2. The topological polar surface area (TPSA) is 59.6 Å². The standard InChI is InChI=1S/C17H18Cl2N2O3/c1-10(20-12-5-7-15(23-2)13(19)9-12)17(22)21-14-8-11(18)4-6-16(14)24-3/h4-10,20H,1-3H3,(H,21,22)/t10-/m0/s1. The van der Waals surface area contributed by atoms with Gasteiger partial charge >= 0.3 is 0 Å². The number of rotatable bonds is 6. The smallest absolute Gasteiger partial charge is 0.246 e. The van der Waals surface area contributed by atoms with E-state index < -0.39 is 6.04 Å². The molecule has 5 nitrogen and oxygen atoms in total. The fourth-order valence-corrected chi connectivity index (χ4v) is 2.52. The maximum Gasteiger partial charge on any atom is 0.246 e. The molecule has 0 fully saturated rings. The first kappa shape index (κ1) is 18.2. The van der Waals surface area contributed by atoms with Gasteiger partial charge in [-0.25, -0.2) is 0 Å². The highest BCUT2D eigenvalue weighted by Crippen LogP contribution is 2.29. The number of halogens is 2. The van der Waals surface area contributed by atoms with Crippen LogP contribution in [0, 0.1) is 0 Å². The Morgan fingerprint density at radius 1 is 1.04 bits per heavy atom. The number of amides is 1. The van der Waals surface area contributed by atoms with Gasteiger partial charge in [-0.3, -0.25) is 4.79 Å². The minimum atomic E-state index is -0.502. The molecule has 2 rings (SSSR count). The molecule has 2 aromatic carbocycles. The molecule has 1 amide bonds. The molecule has 7 heteroatoms. The van der Waals surface area contributed by atoms with Crippen LogP contribution in [-0.4, -0.2) is 26.2 Å². The predicted octanol–water partition coefficient (Wildman–Crippen LogP) is 4.45. The van der Waals surface area contributed by atoms with Crippen molar-refractivity contribution in [3.63, 3.8) is 0 Å². The third kappa shape index (κ3) is 4.46. The third-order valence-corrected chi connectivity index (χ3v) is 3.88. The quantitative estimate of drug-likeness (QED) is 0.790. The first-order chi connectivity index (χ1) is 11.4. The second-order valence-electron chi connectivity index (χ2n) is 5.05. The molecule has 128 valence electrons. The van der Waals surface area contributed by atoms with Gasteiger partial charge in [-0.1, -0.05) is 23.2 Å². The lowest BCUT2D eigenvalue weighted by molar-refractivity contribution is -0.116. The summed E-state index contributed by atoms with van der Waals surface area (Å²) in [5, 5.41) is 6.84. The van der Waals surface area contributed by atoms with Crippen LogP contribution in [0.2, 0.25) is 10.0 Å². The highest BCUT2D eigenvalue weighted by Gasteiger charge is 2.16. The maximum atomic E-state index is 12.4. The van der Waals surface area contributed by atoms with E-state index in [-0.39, 0.29) is 5.91 Å². The average Bonchev–Trinajstić information content (AvgIpc) is 2.55. The van der Waals surface area contributed by atoms with Crippen molar-refractivity contribution in [1.29, 1.82) is 0 Å². The fourth-order valence-electron chi connectivity index (χ4n) is 2.09. The molecule has 0 aromatic heterocycles. The van der Waals surface area contributed by atoms with E-state index in [1.54, 1.807) is 50.4 Å². The van der Waals surface area contributed by atoms with Crippen molar-refractivity contribution in [3.05, 3.63) is 46.4 Å². The van der Waals surface area contributed by atoms with Gasteiger partial charge in [-0.15, -0.1) is 0 Å². The summed E-state index contributed by atoms with van der Waals surface area (Å²) in [5.41, 5.74) is 1.22. The van der Waals surface area contributed by atoms with E-state index in [0.717, 1.165) is 0 Å². The van der Waals surface area contributed by atoms with Crippen LogP contribution in [-0.2, 0) is 4.79 Å². The summed E-state index contributed by atoms with van der Waals surface area (Å²) >= 11 is 12.0. The average molecular weight is 369 g/mol. The van der Waals surface area contributed by atoms with Crippen LogP contribution in [0.1, 0.15) is 6.92 Å². The van der Waals surface area contributed by atoms with Crippen LogP contribution < -0.4 is 20.1 Å². The van der Waals surface area contributed by atoms with Crippen molar-refractivity contribution in [2.75, 3.05) is 24.9 Å². The van der Waals surface area contributed by atoms with Crippen molar-refractivity contribution in [2.45, 2.75) is 13.0 Å². The SMILES string of the molecule is COc1ccc(N[C@@H](C)C(=O)Nc2cc(Cl)ccc2OC)cc1Cl. The van der Waals surface area contributed by atoms with Crippen molar-refractivity contribution in [1.82, 2.24) is 0 Å². The van der Waals surface area contributed by atoms with Crippen LogP contribution >= 0.6 is 23.2 Å². The second-order valence-corrected chi connectivity index (χ2v) is 5.89. The molecule has 2 N–H and O–H groups in total. The summed E-state index contributed by atoms with van der Waals surface area (Å²) in [6.45, 7) is 1.74. The van der Waals surface area contributed by atoms with Gasteiger partial charge in [-0.2, -0.15) is 0 Å². The summed E-state index contributed by atoms with van der Waals surface area (Å²) in [6.07, 6.45) is 0. The Kier molecular flexibility index (Phi) is 6.17. The monoisotopic (exact) mass is 368 g/mol. The molecule has 2 aromatic rings. The molecule has 0 bridgehead atoms. The van der Waals surface area contributed by atoms with Crippen molar-refractivity contribution >= 4 is 40.5 Å². The molecular formula is C17H18Cl2N2O3. The van der Waals surface area contributed by atoms with Gasteiger partial charge in [0.05, 0.1) is 24.9 Å². The number of anilines is 2. The van der Waals surface area contributed by atoms with Gasteiger partial charge in [0.25, 0.3) is 0 Å². The highest BCUT2D eigenvalue weighted by atomic mass is 35.5. The minimum absolute atomic E-state index is 0.234. The largest absolute Gasteiger partial charge is 0.495 e. The number of nitrogens with one attached hydrogen (secondary N) is 2. The molecule has 0 radical (unpaired) electrons. The minimum Gasteiger partial charge on any atom is -0.495 e. The first-order valence-corrected chi connectivity index (χ1v) is 7.94. The maximum absolute atomic E-state index is 12.4. The summed E-state index contributed by atoms with van der Waals surface area (Å²) in [6, 6.07) is 9.73. The van der Waals surface area contributed by atoms with Crippen LogP contribution in [0.4, 0.5) is 11.4 Å². The molecule has 0 unspecified atom stereocenters. The van der Waals surface area contributed by atoms with Gasteiger partial charge < -0.3 is 20.1 Å². The van der Waals surface area contributed by atoms with Crippen LogP contribution in [0.15, 0.2) is 36.4 Å². The van der Waals surface area contributed by atoms with E-state index in [2.05, 4.69) is 10.6 Å². The molecule has 1 atom stereocenters. The summed E-state index contributed by atoms with van der Waals surface area (Å²) in [7, 11) is 3.07. The normalized spacial score (nSPS) is 11.5. The zero-order valence-corrected chi connectivity index (χ0v) is 15.0. The number of hydrogen-bond acceptors (Lipinski definition) is 4. The molecule has 0 aliphatic heterocycles. The Morgan fingerprint density at radius 2 is 1.71 bits per heavy atom. The predicted molar refractivity (Wildman–Crippen MR) is 97.7 cm³/mol.